The van der Waals surface area contributed by atoms with Crippen molar-refractivity contribution in [2.45, 2.75) is 24.8 Å². The summed E-state index contributed by atoms with van der Waals surface area (Å²) < 4.78 is 0. The Hall–Kier alpha value is -2.39. The summed E-state index contributed by atoms with van der Waals surface area (Å²) in [5.74, 6) is 1.74. The number of aromatic nitrogens is 2. The summed E-state index contributed by atoms with van der Waals surface area (Å²) in [7, 11) is 0. The van der Waals surface area contributed by atoms with E-state index in [2.05, 4.69) is 64.0 Å². The molecule has 0 saturated carbocycles. The summed E-state index contributed by atoms with van der Waals surface area (Å²) in [5.41, 5.74) is 7.33. The lowest BCUT2D eigenvalue weighted by Crippen LogP contribution is -2.37. The van der Waals surface area contributed by atoms with Crippen LogP contribution in [-0.4, -0.2) is 16.7 Å². The first kappa shape index (κ1) is 14.0. The molecule has 3 heteroatoms. The number of aromatic amines is 1. The molecule has 3 aromatic rings. The third-order valence-corrected chi connectivity index (χ3v) is 5.70. The molecule has 6 rings (SSSR count). The van der Waals surface area contributed by atoms with E-state index in [4.69, 9.17) is 0 Å². The largest absolute Gasteiger partial charge is 0.311 e. The number of fused-ring (bicyclic) bond motifs is 1. The first-order chi connectivity index (χ1) is 11.9. The second-order valence-corrected chi connectivity index (χ2v) is 7.00. The van der Waals surface area contributed by atoms with Gasteiger partial charge in [0, 0.05) is 30.3 Å². The quantitative estimate of drug-likeness (QED) is 0.769. The number of nitrogens with one attached hydrogen (secondary N) is 2. The van der Waals surface area contributed by atoms with E-state index in [1.807, 2.05) is 12.3 Å². The molecule has 0 fully saturated rings. The molecule has 120 valence electrons. The Morgan fingerprint density at radius 3 is 2.21 bits per heavy atom. The Balaban J connectivity index is 1.45. The minimum atomic E-state index is 0.525. The van der Waals surface area contributed by atoms with Gasteiger partial charge in [0.1, 0.15) is 0 Å². The average molecular weight is 315 g/mol. The summed E-state index contributed by atoms with van der Waals surface area (Å²) in [6.07, 6.45) is 3.06. The van der Waals surface area contributed by atoms with E-state index in [1.165, 1.54) is 6.42 Å². The summed E-state index contributed by atoms with van der Waals surface area (Å²) in [5, 5.41) is 10.7. The molecule has 3 aliphatic carbocycles. The number of benzene rings is 2. The summed E-state index contributed by atoms with van der Waals surface area (Å²) in [6.45, 7) is 1.90. The van der Waals surface area contributed by atoms with E-state index >= 15 is 0 Å². The lowest BCUT2D eigenvalue weighted by molar-refractivity contribution is 0.338. The lowest BCUT2D eigenvalue weighted by Gasteiger charge is -2.45. The van der Waals surface area contributed by atoms with Crippen LogP contribution in [0.1, 0.15) is 46.2 Å². The molecule has 0 amide bonds. The van der Waals surface area contributed by atoms with Crippen LogP contribution >= 0.6 is 0 Å². The molecule has 1 unspecified atom stereocenters. The zero-order valence-corrected chi connectivity index (χ0v) is 13.6. The van der Waals surface area contributed by atoms with Gasteiger partial charge in [-0.1, -0.05) is 48.5 Å². The molecular weight excluding hydrogens is 294 g/mol. The molecule has 0 saturated heterocycles. The normalized spacial score (nSPS) is 23.8. The highest BCUT2D eigenvalue weighted by Gasteiger charge is 2.42. The Kier molecular flexibility index (Phi) is 3.27. The third-order valence-electron chi connectivity index (χ3n) is 5.70. The average Bonchev–Trinajstić information content (AvgIpc) is 3.15. The minimum Gasteiger partial charge on any atom is -0.311 e. The summed E-state index contributed by atoms with van der Waals surface area (Å²) >= 11 is 0. The third kappa shape index (κ3) is 2.12. The van der Waals surface area contributed by atoms with Crippen LogP contribution in [0.2, 0.25) is 0 Å². The van der Waals surface area contributed by atoms with Gasteiger partial charge in [-0.05, 0) is 47.2 Å². The fourth-order valence-corrected chi connectivity index (χ4v) is 4.74. The van der Waals surface area contributed by atoms with Gasteiger partial charge in [0.25, 0.3) is 0 Å². The topological polar surface area (TPSA) is 40.7 Å². The Morgan fingerprint density at radius 2 is 1.58 bits per heavy atom. The number of rotatable bonds is 4. The number of hydrogen-bond donors (Lipinski definition) is 2. The SMILES string of the molecule is c1ccc2c(c1)C1CC(CNCc3ccn[nH]3)C2c2ccccc21. The van der Waals surface area contributed by atoms with Crippen LogP contribution in [0.3, 0.4) is 0 Å². The molecule has 0 spiro atoms. The molecule has 3 nitrogen and oxygen atoms in total. The van der Waals surface area contributed by atoms with Crippen LogP contribution in [0, 0.1) is 5.92 Å². The van der Waals surface area contributed by atoms with Crippen LogP contribution in [0.4, 0.5) is 0 Å². The van der Waals surface area contributed by atoms with Crippen molar-refractivity contribution in [2.24, 2.45) is 5.92 Å². The van der Waals surface area contributed by atoms with E-state index in [0.29, 0.717) is 17.8 Å². The van der Waals surface area contributed by atoms with E-state index in [-0.39, 0.29) is 0 Å². The summed E-state index contributed by atoms with van der Waals surface area (Å²) in [6, 6.07) is 20.1. The maximum absolute atomic E-state index is 4.02. The Labute approximate surface area is 142 Å². The van der Waals surface area contributed by atoms with Crippen molar-refractivity contribution in [2.75, 3.05) is 6.54 Å². The number of H-pyrrole nitrogens is 1. The Bertz CT molecular complexity index is 806. The van der Waals surface area contributed by atoms with Gasteiger partial charge < -0.3 is 5.32 Å². The van der Waals surface area contributed by atoms with E-state index in [0.717, 1.165) is 18.8 Å². The smallest absolute Gasteiger partial charge is 0.0490 e. The molecule has 0 aliphatic heterocycles. The molecule has 1 atom stereocenters. The monoisotopic (exact) mass is 315 g/mol. The molecule has 2 aromatic carbocycles. The second-order valence-electron chi connectivity index (χ2n) is 7.00. The van der Waals surface area contributed by atoms with Crippen molar-refractivity contribution >= 4 is 0 Å². The Morgan fingerprint density at radius 1 is 0.917 bits per heavy atom. The zero-order chi connectivity index (χ0) is 15.9. The predicted octanol–water partition coefficient (Wildman–Crippen LogP) is 3.80. The zero-order valence-electron chi connectivity index (χ0n) is 13.6. The van der Waals surface area contributed by atoms with E-state index in [9.17, 15) is 0 Å². The molecule has 24 heavy (non-hydrogen) atoms. The van der Waals surface area contributed by atoms with Gasteiger partial charge in [0.2, 0.25) is 0 Å². The maximum Gasteiger partial charge on any atom is 0.0490 e. The van der Waals surface area contributed by atoms with E-state index < -0.39 is 0 Å². The maximum atomic E-state index is 4.02. The van der Waals surface area contributed by atoms with Gasteiger partial charge in [-0.15, -0.1) is 0 Å². The van der Waals surface area contributed by atoms with Crippen molar-refractivity contribution in [1.29, 1.82) is 0 Å². The van der Waals surface area contributed by atoms with Crippen LogP contribution < -0.4 is 5.32 Å². The second kappa shape index (κ2) is 5.60. The van der Waals surface area contributed by atoms with Crippen LogP contribution in [0.25, 0.3) is 0 Å². The van der Waals surface area contributed by atoms with Crippen molar-refractivity contribution < 1.29 is 0 Å². The van der Waals surface area contributed by atoms with Crippen molar-refractivity contribution in [1.82, 2.24) is 15.5 Å². The van der Waals surface area contributed by atoms with Crippen LogP contribution in [0.5, 0.6) is 0 Å². The fourth-order valence-electron chi connectivity index (χ4n) is 4.74. The first-order valence-electron chi connectivity index (χ1n) is 8.78. The molecule has 3 aliphatic rings. The molecule has 2 N–H and O–H groups in total. The highest BCUT2D eigenvalue weighted by molar-refractivity contribution is 5.55. The molecule has 1 heterocycles. The van der Waals surface area contributed by atoms with E-state index in [1.54, 1.807) is 22.3 Å². The predicted molar refractivity (Wildman–Crippen MR) is 95.0 cm³/mol. The first-order valence-corrected chi connectivity index (χ1v) is 8.78. The van der Waals surface area contributed by atoms with Crippen molar-refractivity contribution in [3.8, 4) is 0 Å². The fraction of sp³-hybridized carbons (Fsp3) is 0.286. The summed E-state index contributed by atoms with van der Waals surface area (Å²) in [4.78, 5) is 0. The number of nitrogens with zero attached hydrogens (tertiary/aromatic N) is 1. The number of hydrogen-bond acceptors (Lipinski definition) is 2. The van der Waals surface area contributed by atoms with Gasteiger partial charge in [-0.2, -0.15) is 5.10 Å². The van der Waals surface area contributed by atoms with Gasteiger partial charge >= 0.3 is 0 Å². The van der Waals surface area contributed by atoms with Gasteiger partial charge in [0.05, 0.1) is 0 Å². The lowest BCUT2D eigenvalue weighted by atomic mass is 9.59. The molecular formula is C21H21N3. The molecule has 2 bridgehead atoms. The highest BCUT2D eigenvalue weighted by Crippen LogP contribution is 2.55. The highest BCUT2D eigenvalue weighted by atomic mass is 15.1. The molecule has 1 aromatic heterocycles. The van der Waals surface area contributed by atoms with Gasteiger partial charge in [-0.25, -0.2) is 0 Å². The molecule has 0 radical (unpaired) electrons. The van der Waals surface area contributed by atoms with Gasteiger partial charge in [0.15, 0.2) is 0 Å². The standard InChI is InChI=1S/C21H21N3/c1-3-7-18-16(5-1)20-11-14(12-22-13-15-9-10-23-24-15)21(18)19-8-4-2-6-17(19)20/h1-10,14,20-22H,11-13H2,(H,23,24). The van der Waals surface area contributed by atoms with Crippen molar-refractivity contribution in [3.63, 3.8) is 0 Å². The van der Waals surface area contributed by atoms with Crippen LogP contribution in [-0.2, 0) is 6.54 Å². The van der Waals surface area contributed by atoms with Crippen LogP contribution in [0.15, 0.2) is 60.8 Å². The van der Waals surface area contributed by atoms with Gasteiger partial charge in [-0.3, -0.25) is 5.10 Å². The minimum absolute atomic E-state index is 0.525. The van der Waals surface area contributed by atoms with Crippen molar-refractivity contribution in [3.05, 3.63) is 88.7 Å².